The first-order valence-corrected chi connectivity index (χ1v) is 12.9. The van der Waals surface area contributed by atoms with E-state index in [0.29, 0.717) is 0 Å². The van der Waals surface area contributed by atoms with E-state index in [1.54, 1.807) is 0 Å². The van der Waals surface area contributed by atoms with Crippen LogP contribution in [-0.4, -0.2) is 0 Å². The second-order valence-corrected chi connectivity index (χ2v) is 10.5. The summed E-state index contributed by atoms with van der Waals surface area (Å²) in [6, 6.07) is 38.9. The van der Waals surface area contributed by atoms with Crippen molar-refractivity contribution in [1.82, 2.24) is 0 Å². The van der Waals surface area contributed by atoms with Gasteiger partial charge >= 0.3 is 52.4 Å². The zero-order valence-corrected chi connectivity index (χ0v) is 30.5. The molecule has 0 saturated heterocycles. The van der Waals surface area contributed by atoms with Gasteiger partial charge in [-0.3, -0.25) is 0 Å². The molecule has 0 atom stereocenters. The molecule has 0 aliphatic heterocycles. The number of halogens is 4. The van der Waals surface area contributed by atoms with Crippen LogP contribution in [0, 0.1) is 13.8 Å². The molecule has 0 spiro atoms. The van der Waals surface area contributed by atoms with E-state index in [0.717, 1.165) is 8.95 Å². The molecule has 0 unspecified atom stereocenters. The van der Waals surface area contributed by atoms with E-state index in [1.165, 1.54) is 54.9 Å². The fraction of sp³-hybridized carbons (Fsp3) is 0.0625. The molecule has 0 bridgehead atoms. The molecule has 6 rings (SSSR count). The van der Waals surface area contributed by atoms with Gasteiger partial charge in [0.15, 0.2) is 0 Å². The zero-order chi connectivity index (χ0) is 23.7. The van der Waals surface area contributed by atoms with E-state index >= 15 is 0 Å². The minimum Gasteiger partial charge on any atom is -1.00 e. The maximum absolute atomic E-state index is 3.47. The molecule has 0 heterocycles. The Kier molecular flexibility index (Phi) is 14.9. The Morgan fingerprint density at radius 3 is 1.18 bits per heavy atom. The van der Waals surface area contributed by atoms with E-state index in [9.17, 15) is 0 Å². The van der Waals surface area contributed by atoms with Crippen molar-refractivity contribution in [2.24, 2.45) is 0 Å². The maximum atomic E-state index is 3.47. The number of rotatable bonds is 2. The molecule has 0 nitrogen and oxygen atoms in total. The van der Waals surface area contributed by atoms with Gasteiger partial charge in [0.2, 0.25) is 0 Å². The van der Waals surface area contributed by atoms with Crippen molar-refractivity contribution in [2.45, 2.75) is 13.8 Å². The minimum absolute atomic E-state index is 0. The Balaban J connectivity index is 0.000000344. The van der Waals surface area contributed by atoms with Gasteiger partial charge in [0.25, 0.3) is 0 Å². The number of aryl methyl sites for hydroxylation is 2. The van der Waals surface area contributed by atoms with Gasteiger partial charge in [-0.05, 0) is 35.4 Å². The molecular formula is C32H24Br2Cl2Zr2. The molecule has 0 amide bonds. The topological polar surface area (TPSA) is 0 Å². The van der Waals surface area contributed by atoms with Crippen LogP contribution in [0.1, 0.15) is 11.1 Å². The van der Waals surface area contributed by atoms with Crippen molar-refractivity contribution in [1.29, 1.82) is 0 Å². The SMILES string of the molecule is Cc1cc2c(-c3ccc(Br)cc3)cccc2[cH-]1.Cc1cc2c(-c3ccc(Br)cc3)cccc2[cH-]1.[Cl-].[Cl-].[Zr+2].[Zr+2]. The standard InChI is InChI=1S/2C16H12Br.2ClH.2Zr/c2*1-11-9-13-3-2-4-15(16(13)10-11)12-5-7-14(17)8-6-12;;;;/h2*2-10H,1H3;2*1H;;/q2*-1;;;2*+2/p-2. The van der Waals surface area contributed by atoms with E-state index < -0.39 is 0 Å². The summed E-state index contributed by atoms with van der Waals surface area (Å²) in [6.07, 6.45) is 0. The van der Waals surface area contributed by atoms with Crippen LogP contribution in [0.3, 0.4) is 0 Å². The Morgan fingerprint density at radius 2 is 0.842 bits per heavy atom. The Bertz CT molecular complexity index is 1460. The third kappa shape index (κ3) is 8.22. The molecule has 0 saturated carbocycles. The van der Waals surface area contributed by atoms with E-state index in [1.807, 2.05) is 0 Å². The van der Waals surface area contributed by atoms with Crippen LogP contribution in [0.2, 0.25) is 0 Å². The summed E-state index contributed by atoms with van der Waals surface area (Å²) in [4.78, 5) is 0. The van der Waals surface area contributed by atoms with Crippen molar-refractivity contribution in [3.8, 4) is 22.3 Å². The molecule has 0 radical (unpaired) electrons. The summed E-state index contributed by atoms with van der Waals surface area (Å²) in [5, 5.41) is 5.32. The first kappa shape index (κ1) is 35.4. The van der Waals surface area contributed by atoms with E-state index in [-0.39, 0.29) is 77.2 Å². The van der Waals surface area contributed by atoms with Gasteiger partial charge in [-0.1, -0.05) is 93.2 Å². The number of hydrogen-bond acceptors (Lipinski definition) is 0. The van der Waals surface area contributed by atoms with Crippen LogP contribution in [0.5, 0.6) is 0 Å². The summed E-state index contributed by atoms with van der Waals surface area (Å²) < 4.78 is 2.24. The van der Waals surface area contributed by atoms with Gasteiger partial charge in [-0.15, -0.1) is 69.1 Å². The molecule has 0 aliphatic carbocycles. The van der Waals surface area contributed by atoms with Crippen LogP contribution in [-0.2, 0) is 52.4 Å². The summed E-state index contributed by atoms with van der Waals surface area (Å²) in [6.45, 7) is 4.29. The van der Waals surface area contributed by atoms with Crippen molar-refractivity contribution >= 4 is 53.4 Å². The quantitative estimate of drug-likeness (QED) is 0.225. The van der Waals surface area contributed by atoms with Gasteiger partial charge in [0.05, 0.1) is 0 Å². The van der Waals surface area contributed by atoms with Gasteiger partial charge in [-0.25, -0.2) is 0 Å². The largest absolute Gasteiger partial charge is 2.00 e. The fourth-order valence-corrected chi connectivity index (χ4v) is 5.06. The monoisotopic (exact) mass is 816 g/mol. The van der Waals surface area contributed by atoms with Gasteiger partial charge in [0, 0.05) is 8.95 Å². The molecule has 6 aromatic carbocycles. The smallest absolute Gasteiger partial charge is 1.00 e. The third-order valence-electron chi connectivity index (χ3n) is 6.10. The van der Waals surface area contributed by atoms with Crippen LogP contribution in [0.4, 0.5) is 0 Å². The van der Waals surface area contributed by atoms with Crippen molar-refractivity contribution in [2.75, 3.05) is 0 Å². The first-order valence-electron chi connectivity index (χ1n) is 11.3. The molecule has 0 fully saturated rings. The van der Waals surface area contributed by atoms with Crippen LogP contribution in [0.25, 0.3) is 43.8 Å². The third-order valence-corrected chi connectivity index (χ3v) is 7.16. The Labute approximate surface area is 292 Å². The van der Waals surface area contributed by atoms with Crippen LogP contribution in [0.15, 0.2) is 118 Å². The van der Waals surface area contributed by atoms with Gasteiger partial charge in [0.1, 0.15) is 0 Å². The minimum atomic E-state index is 0. The average molecular weight is 822 g/mol. The predicted octanol–water partition coefficient (Wildman–Crippen LogP) is 4.60. The number of benzene rings is 4. The summed E-state index contributed by atoms with van der Waals surface area (Å²) in [7, 11) is 0. The molecule has 0 N–H and O–H groups in total. The predicted molar refractivity (Wildman–Crippen MR) is 155 cm³/mol. The first-order chi connectivity index (χ1) is 16.5. The average Bonchev–Trinajstić information content (AvgIpc) is 3.41. The van der Waals surface area contributed by atoms with Crippen molar-refractivity contribution in [3.63, 3.8) is 0 Å². The number of hydrogen-bond donors (Lipinski definition) is 0. The van der Waals surface area contributed by atoms with Crippen molar-refractivity contribution in [3.05, 3.63) is 129 Å². The molecule has 6 heteroatoms. The summed E-state index contributed by atoms with van der Waals surface area (Å²) in [5.74, 6) is 0. The summed E-state index contributed by atoms with van der Waals surface area (Å²) >= 11 is 6.94. The molecular weight excluding hydrogens is 798 g/mol. The molecule has 38 heavy (non-hydrogen) atoms. The number of fused-ring (bicyclic) bond motifs is 2. The molecule has 6 aromatic rings. The molecule has 188 valence electrons. The zero-order valence-electron chi connectivity index (χ0n) is 20.9. The van der Waals surface area contributed by atoms with E-state index in [4.69, 9.17) is 0 Å². The van der Waals surface area contributed by atoms with Crippen LogP contribution < -0.4 is 24.8 Å². The second-order valence-electron chi connectivity index (χ2n) is 8.70. The van der Waals surface area contributed by atoms with Gasteiger partial charge in [-0.2, -0.15) is 12.1 Å². The Morgan fingerprint density at radius 1 is 0.500 bits per heavy atom. The van der Waals surface area contributed by atoms with Gasteiger partial charge < -0.3 is 24.8 Å². The Hall–Kier alpha value is -0.594. The fourth-order valence-electron chi connectivity index (χ4n) is 4.53. The summed E-state index contributed by atoms with van der Waals surface area (Å²) in [5.41, 5.74) is 7.80. The normalized spacial score (nSPS) is 9.79. The van der Waals surface area contributed by atoms with Crippen molar-refractivity contribution < 1.29 is 77.2 Å². The molecule has 0 aromatic heterocycles. The van der Waals surface area contributed by atoms with E-state index in [2.05, 4.69) is 155 Å². The van der Waals surface area contributed by atoms with Crippen LogP contribution >= 0.6 is 31.9 Å². The maximum Gasteiger partial charge on any atom is 2.00 e. The second kappa shape index (κ2) is 16.0. The molecule has 0 aliphatic rings.